The van der Waals surface area contributed by atoms with Crippen LogP contribution in [0.3, 0.4) is 0 Å². The van der Waals surface area contributed by atoms with Gasteiger partial charge in [-0.05, 0) is 19.4 Å². The number of hydrogen-bond donors (Lipinski definition) is 0. The molecule has 0 aromatic carbocycles. The number of nitrogens with zero attached hydrogens (tertiary/aromatic N) is 1. The second-order valence-electron chi connectivity index (χ2n) is 3.58. The molecule has 1 fully saturated rings. The first-order chi connectivity index (χ1) is 4.61. The Balaban J connectivity index is 2.46. The summed E-state index contributed by atoms with van der Waals surface area (Å²) in [5, 5.41) is 0. The maximum atomic E-state index is 12.7. The quantitative estimate of drug-likeness (QED) is 0.542. The van der Waals surface area contributed by atoms with Gasteiger partial charge in [-0.15, -0.1) is 0 Å². The fourth-order valence-corrected chi connectivity index (χ4v) is 1.75. The maximum Gasteiger partial charge on any atom is 0.114 e. The van der Waals surface area contributed by atoms with Crippen molar-refractivity contribution in [2.24, 2.45) is 5.92 Å². The van der Waals surface area contributed by atoms with Gasteiger partial charge in [-0.25, -0.2) is 4.39 Å². The topological polar surface area (TPSA) is 3.24 Å². The Labute approximate surface area is 62.2 Å². The third-order valence-electron chi connectivity index (χ3n) is 2.32. The van der Waals surface area contributed by atoms with Crippen LogP contribution in [0.25, 0.3) is 0 Å². The molecule has 0 N–H and O–H groups in total. The van der Waals surface area contributed by atoms with Gasteiger partial charge in [0.25, 0.3) is 0 Å². The van der Waals surface area contributed by atoms with Crippen LogP contribution in [-0.2, 0) is 0 Å². The summed E-state index contributed by atoms with van der Waals surface area (Å²) in [6, 6.07) is 0.468. The zero-order valence-corrected chi connectivity index (χ0v) is 6.97. The molecule has 1 aliphatic rings. The van der Waals surface area contributed by atoms with Gasteiger partial charge in [0.1, 0.15) is 6.17 Å². The Morgan fingerprint density at radius 3 is 2.30 bits per heavy atom. The molecule has 1 heterocycles. The number of alkyl halides is 1. The lowest BCUT2D eigenvalue weighted by atomic mass is 10.0. The molecule has 0 saturated carbocycles. The zero-order valence-electron chi connectivity index (χ0n) is 6.97. The predicted octanol–water partition coefficient (Wildman–Crippen LogP) is 1.68. The van der Waals surface area contributed by atoms with E-state index in [1.807, 2.05) is 7.05 Å². The molecule has 0 aromatic heterocycles. The third-order valence-corrected chi connectivity index (χ3v) is 2.32. The van der Waals surface area contributed by atoms with Crippen molar-refractivity contribution in [1.29, 1.82) is 0 Å². The summed E-state index contributed by atoms with van der Waals surface area (Å²) >= 11 is 0. The molecule has 2 atom stereocenters. The normalized spacial score (nSPS) is 35.7. The molecule has 2 heteroatoms. The fraction of sp³-hybridized carbons (Fsp3) is 1.00. The summed E-state index contributed by atoms with van der Waals surface area (Å²) in [6.07, 6.45) is 0.145. The fourth-order valence-electron chi connectivity index (χ4n) is 1.75. The summed E-state index contributed by atoms with van der Waals surface area (Å²) in [6.45, 7) is 4.93. The van der Waals surface area contributed by atoms with E-state index in [0.29, 0.717) is 18.5 Å². The molecule has 0 aliphatic carbocycles. The van der Waals surface area contributed by atoms with Crippen molar-refractivity contribution in [2.75, 3.05) is 13.6 Å². The van der Waals surface area contributed by atoms with Crippen LogP contribution in [0.4, 0.5) is 4.39 Å². The predicted molar refractivity (Wildman–Crippen MR) is 40.8 cm³/mol. The van der Waals surface area contributed by atoms with Gasteiger partial charge in [-0.2, -0.15) is 0 Å². The van der Waals surface area contributed by atoms with Crippen molar-refractivity contribution in [1.82, 2.24) is 4.90 Å². The minimum Gasteiger partial charge on any atom is -0.300 e. The lowest BCUT2D eigenvalue weighted by molar-refractivity contribution is 0.248. The van der Waals surface area contributed by atoms with Crippen molar-refractivity contribution in [3.05, 3.63) is 0 Å². The molecule has 1 saturated heterocycles. The van der Waals surface area contributed by atoms with Crippen molar-refractivity contribution in [3.63, 3.8) is 0 Å². The van der Waals surface area contributed by atoms with Crippen molar-refractivity contribution < 1.29 is 4.39 Å². The van der Waals surface area contributed by atoms with Crippen LogP contribution in [0.2, 0.25) is 0 Å². The highest BCUT2D eigenvalue weighted by Crippen LogP contribution is 2.23. The van der Waals surface area contributed by atoms with Gasteiger partial charge in [-0.3, -0.25) is 0 Å². The molecule has 0 aromatic rings. The summed E-state index contributed by atoms with van der Waals surface area (Å²) in [5.74, 6) is 0.589. The van der Waals surface area contributed by atoms with E-state index in [-0.39, 0.29) is 0 Å². The Bertz CT molecular complexity index is 114. The van der Waals surface area contributed by atoms with Gasteiger partial charge >= 0.3 is 0 Å². The van der Waals surface area contributed by atoms with Gasteiger partial charge in [-0.1, -0.05) is 13.8 Å². The number of rotatable bonds is 1. The van der Waals surface area contributed by atoms with Gasteiger partial charge < -0.3 is 4.90 Å². The van der Waals surface area contributed by atoms with Crippen LogP contribution in [0, 0.1) is 5.92 Å². The number of hydrogen-bond acceptors (Lipinski definition) is 1. The molecule has 1 aliphatic heterocycles. The first-order valence-corrected chi connectivity index (χ1v) is 3.95. The van der Waals surface area contributed by atoms with E-state index >= 15 is 0 Å². The molecule has 0 radical (unpaired) electrons. The Kier molecular flexibility index (Phi) is 2.29. The Morgan fingerprint density at radius 1 is 1.50 bits per heavy atom. The zero-order chi connectivity index (χ0) is 7.72. The molecule has 1 rings (SSSR count). The van der Waals surface area contributed by atoms with Gasteiger partial charge in [0.15, 0.2) is 0 Å². The van der Waals surface area contributed by atoms with Crippen LogP contribution in [0.5, 0.6) is 0 Å². The lowest BCUT2D eigenvalue weighted by Crippen LogP contribution is -2.29. The second-order valence-corrected chi connectivity index (χ2v) is 3.58. The van der Waals surface area contributed by atoms with Gasteiger partial charge in [0.05, 0.1) is 0 Å². The van der Waals surface area contributed by atoms with Crippen molar-refractivity contribution in [2.45, 2.75) is 32.5 Å². The molecular formula is C8H16FN. The van der Waals surface area contributed by atoms with Crippen LogP contribution in [-0.4, -0.2) is 30.7 Å². The van der Waals surface area contributed by atoms with E-state index in [0.717, 1.165) is 6.42 Å². The van der Waals surface area contributed by atoms with Crippen LogP contribution in [0.1, 0.15) is 20.3 Å². The van der Waals surface area contributed by atoms with Crippen LogP contribution < -0.4 is 0 Å². The molecule has 1 unspecified atom stereocenters. The average Bonchev–Trinajstić information content (AvgIpc) is 2.10. The van der Waals surface area contributed by atoms with Gasteiger partial charge in [0, 0.05) is 12.6 Å². The summed E-state index contributed by atoms with van der Waals surface area (Å²) in [5.41, 5.74) is 0. The largest absolute Gasteiger partial charge is 0.300 e. The molecule has 0 amide bonds. The molecule has 0 bridgehead atoms. The second kappa shape index (κ2) is 2.87. The molecular weight excluding hydrogens is 129 g/mol. The molecule has 0 spiro atoms. The first kappa shape index (κ1) is 7.99. The van der Waals surface area contributed by atoms with Crippen molar-refractivity contribution >= 4 is 0 Å². The summed E-state index contributed by atoms with van der Waals surface area (Å²) in [7, 11) is 2.00. The highest BCUT2D eigenvalue weighted by Gasteiger charge is 2.30. The highest BCUT2D eigenvalue weighted by atomic mass is 19.1. The summed E-state index contributed by atoms with van der Waals surface area (Å²) in [4.78, 5) is 2.12. The van der Waals surface area contributed by atoms with Gasteiger partial charge in [0.2, 0.25) is 0 Å². The average molecular weight is 145 g/mol. The standard InChI is InChI=1S/C8H16FN/c1-6(2)8-4-7(9)5-10(8)3/h6-8H,4-5H2,1-3H3/t7?,8-/m1/s1. The number of likely N-dealkylation sites (tertiary alicyclic amines) is 1. The summed E-state index contributed by atoms with van der Waals surface area (Å²) < 4.78 is 12.7. The lowest BCUT2D eigenvalue weighted by Gasteiger charge is -2.22. The third kappa shape index (κ3) is 1.48. The molecule has 10 heavy (non-hydrogen) atoms. The minimum absolute atomic E-state index is 0.468. The first-order valence-electron chi connectivity index (χ1n) is 3.95. The molecule has 1 nitrogen and oxygen atoms in total. The number of halogens is 1. The highest BCUT2D eigenvalue weighted by molar-refractivity contribution is 4.84. The molecule has 60 valence electrons. The van der Waals surface area contributed by atoms with E-state index in [2.05, 4.69) is 18.7 Å². The van der Waals surface area contributed by atoms with Crippen LogP contribution in [0.15, 0.2) is 0 Å². The van der Waals surface area contributed by atoms with E-state index in [4.69, 9.17) is 0 Å². The van der Waals surface area contributed by atoms with E-state index in [1.165, 1.54) is 0 Å². The monoisotopic (exact) mass is 145 g/mol. The van der Waals surface area contributed by atoms with E-state index < -0.39 is 6.17 Å². The Hall–Kier alpha value is -0.110. The minimum atomic E-state index is -0.586. The maximum absolute atomic E-state index is 12.7. The Morgan fingerprint density at radius 2 is 2.10 bits per heavy atom. The van der Waals surface area contributed by atoms with E-state index in [1.54, 1.807) is 0 Å². The smallest absolute Gasteiger partial charge is 0.114 e. The SMILES string of the molecule is CC(C)[C@H]1CC(F)CN1C. The van der Waals surface area contributed by atoms with E-state index in [9.17, 15) is 4.39 Å². The van der Waals surface area contributed by atoms with Crippen LogP contribution >= 0.6 is 0 Å². The van der Waals surface area contributed by atoms with Crippen molar-refractivity contribution in [3.8, 4) is 0 Å².